The van der Waals surface area contributed by atoms with Crippen LogP contribution in [0.1, 0.15) is 23.2 Å². The lowest BCUT2D eigenvalue weighted by Crippen LogP contribution is -2.37. The van der Waals surface area contributed by atoms with Gasteiger partial charge in [-0.25, -0.2) is 4.39 Å². The van der Waals surface area contributed by atoms with E-state index in [0.717, 1.165) is 19.4 Å². The Balaban J connectivity index is 0.00000162. The van der Waals surface area contributed by atoms with E-state index < -0.39 is 0 Å². The van der Waals surface area contributed by atoms with Gasteiger partial charge >= 0.3 is 0 Å². The SMILES string of the molecule is Cl.O=C(NCC1CCCN1)c1ccc(F)c(Br)c1. The summed E-state index contributed by atoms with van der Waals surface area (Å²) in [7, 11) is 0. The first-order valence-electron chi connectivity index (χ1n) is 5.63. The van der Waals surface area contributed by atoms with E-state index in [2.05, 4.69) is 26.6 Å². The second-order valence-corrected chi connectivity index (χ2v) is 4.99. The molecule has 100 valence electrons. The first-order valence-corrected chi connectivity index (χ1v) is 6.43. The summed E-state index contributed by atoms with van der Waals surface area (Å²) in [6, 6.07) is 4.62. The minimum Gasteiger partial charge on any atom is -0.350 e. The molecular weight excluding hydrogens is 322 g/mol. The van der Waals surface area contributed by atoms with E-state index in [1.165, 1.54) is 18.2 Å². The van der Waals surface area contributed by atoms with Crippen molar-refractivity contribution >= 4 is 34.2 Å². The van der Waals surface area contributed by atoms with Gasteiger partial charge in [-0.2, -0.15) is 0 Å². The summed E-state index contributed by atoms with van der Waals surface area (Å²) in [5, 5.41) is 6.14. The molecule has 6 heteroatoms. The highest BCUT2D eigenvalue weighted by molar-refractivity contribution is 9.10. The van der Waals surface area contributed by atoms with Gasteiger partial charge in [-0.1, -0.05) is 0 Å². The summed E-state index contributed by atoms with van der Waals surface area (Å²) in [6.45, 7) is 1.64. The fraction of sp³-hybridized carbons (Fsp3) is 0.417. The van der Waals surface area contributed by atoms with Crippen molar-refractivity contribution in [3.63, 3.8) is 0 Å². The van der Waals surface area contributed by atoms with Crippen LogP contribution in [0.5, 0.6) is 0 Å². The molecule has 1 aromatic carbocycles. The quantitative estimate of drug-likeness (QED) is 0.890. The fourth-order valence-electron chi connectivity index (χ4n) is 1.89. The van der Waals surface area contributed by atoms with Crippen LogP contribution < -0.4 is 10.6 Å². The van der Waals surface area contributed by atoms with Gasteiger partial charge in [0.1, 0.15) is 5.82 Å². The van der Waals surface area contributed by atoms with Crippen molar-refractivity contribution in [1.29, 1.82) is 0 Å². The van der Waals surface area contributed by atoms with Crippen LogP contribution in [0.2, 0.25) is 0 Å². The van der Waals surface area contributed by atoms with E-state index in [4.69, 9.17) is 0 Å². The Kier molecular flexibility index (Phi) is 6.05. The van der Waals surface area contributed by atoms with Gasteiger partial charge in [0, 0.05) is 18.2 Å². The van der Waals surface area contributed by atoms with E-state index in [1.54, 1.807) is 0 Å². The highest BCUT2D eigenvalue weighted by Crippen LogP contribution is 2.16. The molecule has 1 saturated heterocycles. The third-order valence-corrected chi connectivity index (χ3v) is 3.46. The highest BCUT2D eigenvalue weighted by atomic mass is 79.9. The molecule has 0 aromatic heterocycles. The summed E-state index contributed by atoms with van der Waals surface area (Å²) in [5.41, 5.74) is 0.469. The Morgan fingerprint density at radius 2 is 2.33 bits per heavy atom. The average molecular weight is 338 g/mol. The maximum atomic E-state index is 13.0. The maximum absolute atomic E-state index is 13.0. The Labute approximate surface area is 120 Å². The second-order valence-electron chi connectivity index (χ2n) is 4.13. The van der Waals surface area contributed by atoms with Gasteiger partial charge in [-0.3, -0.25) is 4.79 Å². The molecule has 0 spiro atoms. The molecule has 0 bridgehead atoms. The fourth-order valence-corrected chi connectivity index (χ4v) is 2.27. The predicted molar refractivity (Wildman–Crippen MR) is 74.7 cm³/mol. The number of nitrogens with one attached hydrogen (secondary N) is 2. The van der Waals surface area contributed by atoms with E-state index in [1.807, 2.05) is 0 Å². The molecule has 18 heavy (non-hydrogen) atoms. The molecule has 2 rings (SSSR count). The molecule has 1 heterocycles. The summed E-state index contributed by atoms with van der Waals surface area (Å²) in [5.74, 6) is -0.529. The van der Waals surface area contributed by atoms with Crippen LogP contribution in [0.3, 0.4) is 0 Å². The molecule has 1 fully saturated rings. The molecule has 1 aliphatic rings. The number of benzene rings is 1. The van der Waals surface area contributed by atoms with Crippen LogP contribution in [0.4, 0.5) is 4.39 Å². The summed E-state index contributed by atoms with van der Waals surface area (Å²) in [6.07, 6.45) is 2.25. The third kappa shape index (κ3) is 3.93. The van der Waals surface area contributed by atoms with Crippen molar-refractivity contribution in [2.24, 2.45) is 0 Å². The van der Waals surface area contributed by atoms with E-state index in [9.17, 15) is 9.18 Å². The zero-order valence-electron chi connectivity index (χ0n) is 9.71. The highest BCUT2D eigenvalue weighted by Gasteiger charge is 2.15. The second kappa shape index (κ2) is 7.07. The van der Waals surface area contributed by atoms with Crippen molar-refractivity contribution in [2.75, 3.05) is 13.1 Å². The average Bonchev–Trinajstić information content (AvgIpc) is 2.82. The Morgan fingerprint density at radius 1 is 1.56 bits per heavy atom. The monoisotopic (exact) mass is 336 g/mol. The van der Waals surface area contributed by atoms with Crippen LogP contribution in [-0.4, -0.2) is 25.0 Å². The molecule has 1 amide bonds. The van der Waals surface area contributed by atoms with Crippen molar-refractivity contribution in [3.8, 4) is 0 Å². The standard InChI is InChI=1S/C12H14BrFN2O.ClH/c13-10-6-8(3-4-11(10)14)12(17)16-7-9-2-1-5-15-9;/h3-4,6,9,15H,1-2,5,7H2,(H,16,17);1H. The first kappa shape index (κ1) is 15.4. The maximum Gasteiger partial charge on any atom is 0.251 e. The smallest absolute Gasteiger partial charge is 0.251 e. The molecule has 2 N–H and O–H groups in total. The number of carbonyl (C=O) groups excluding carboxylic acids is 1. The van der Waals surface area contributed by atoms with Crippen LogP contribution in [0.25, 0.3) is 0 Å². The van der Waals surface area contributed by atoms with E-state index >= 15 is 0 Å². The van der Waals surface area contributed by atoms with Crippen LogP contribution in [0, 0.1) is 5.82 Å². The zero-order chi connectivity index (χ0) is 12.3. The lowest BCUT2D eigenvalue weighted by Gasteiger charge is -2.11. The summed E-state index contributed by atoms with van der Waals surface area (Å²) in [4.78, 5) is 11.8. The summed E-state index contributed by atoms with van der Waals surface area (Å²) < 4.78 is 13.3. The minimum absolute atomic E-state index is 0. The van der Waals surface area contributed by atoms with Crippen LogP contribution in [0.15, 0.2) is 22.7 Å². The molecular formula is C12H15BrClFN2O. The number of hydrogen-bond acceptors (Lipinski definition) is 2. The van der Waals surface area contributed by atoms with Crippen molar-refractivity contribution in [2.45, 2.75) is 18.9 Å². The minimum atomic E-state index is -0.362. The van der Waals surface area contributed by atoms with E-state index in [-0.39, 0.29) is 24.1 Å². The Morgan fingerprint density at radius 3 is 2.94 bits per heavy atom. The molecule has 3 nitrogen and oxygen atoms in total. The summed E-state index contributed by atoms with van der Waals surface area (Å²) >= 11 is 3.06. The van der Waals surface area contributed by atoms with Crippen LogP contribution in [-0.2, 0) is 0 Å². The van der Waals surface area contributed by atoms with Gasteiger partial charge in [0.05, 0.1) is 4.47 Å². The van der Waals surface area contributed by atoms with Gasteiger partial charge in [0.25, 0.3) is 5.91 Å². The number of carbonyl (C=O) groups is 1. The molecule has 1 aliphatic heterocycles. The third-order valence-electron chi connectivity index (χ3n) is 2.85. The van der Waals surface area contributed by atoms with Gasteiger partial charge < -0.3 is 10.6 Å². The predicted octanol–water partition coefficient (Wildman–Crippen LogP) is 2.49. The number of halogens is 3. The topological polar surface area (TPSA) is 41.1 Å². The van der Waals surface area contributed by atoms with Gasteiger partial charge in [-0.05, 0) is 53.5 Å². The number of hydrogen-bond donors (Lipinski definition) is 2. The molecule has 1 unspecified atom stereocenters. The molecule has 1 aromatic rings. The molecule has 0 aliphatic carbocycles. The first-order chi connectivity index (χ1) is 8.16. The lowest BCUT2D eigenvalue weighted by molar-refractivity contribution is 0.0950. The normalized spacial score (nSPS) is 18.2. The van der Waals surface area contributed by atoms with Crippen molar-refractivity contribution < 1.29 is 9.18 Å². The Bertz CT molecular complexity index is 425. The Hall–Kier alpha value is -0.650. The van der Waals surface area contributed by atoms with Crippen molar-refractivity contribution in [3.05, 3.63) is 34.1 Å². The zero-order valence-corrected chi connectivity index (χ0v) is 12.1. The lowest BCUT2D eigenvalue weighted by atomic mass is 10.2. The molecule has 0 radical (unpaired) electrons. The van der Waals surface area contributed by atoms with Crippen LogP contribution >= 0.6 is 28.3 Å². The molecule has 1 atom stereocenters. The van der Waals surface area contributed by atoms with Gasteiger partial charge in [0.15, 0.2) is 0 Å². The number of rotatable bonds is 3. The largest absolute Gasteiger partial charge is 0.350 e. The molecule has 0 saturated carbocycles. The van der Waals surface area contributed by atoms with E-state index in [0.29, 0.717) is 22.6 Å². The van der Waals surface area contributed by atoms with Gasteiger partial charge in [0.2, 0.25) is 0 Å². The van der Waals surface area contributed by atoms with Crippen molar-refractivity contribution in [1.82, 2.24) is 10.6 Å². The number of amides is 1. The van der Waals surface area contributed by atoms with Gasteiger partial charge in [-0.15, -0.1) is 12.4 Å².